The van der Waals surface area contributed by atoms with Gasteiger partial charge in [0, 0.05) is 42.0 Å². The number of allylic oxidation sites excluding steroid dienone is 1. The fourth-order valence-electron chi connectivity index (χ4n) is 2.88. The van der Waals surface area contributed by atoms with Gasteiger partial charge in [0.1, 0.15) is 0 Å². The van der Waals surface area contributed by atoms with E-state index in [1.807, 2.05) is 20.2 Å². The number of benzene rings is 2. The number of aryl methyl sites for hydroxylation is 1. The van der Waals surface area contributed by atoms with Gasteiger partial charge in [-0.2, -0.15) is 10.4 Å². The Morgan fingerprint density at radius 1 is 1.24 bits per heavy atom. The Morgan fingerprint density at radius 3 is 2.66 bits per heavy atom. The molecule has 1 amide bonds. The van der Waals surface area contributed by atoms with Crippen LogP contribution >= 0.6 is 0 Å². The highest BCUT2D eigenvalue weighted by Crippen LogP contribution is 2.25. The van der Waals surface area contributed by atoms with E-state index in [4.69, 9.17) is 10.7 Å². The summed E-state index contributed by atoms with van der Waals surface area (Å²) >= 11 is 0. The van der Waals surface area contributed by atoms with Crippen LogP contribution in [0.15, 0.2) is 55.4 Å². The fraction of sp³-hybridized carbons (Fsp3) is 0.0909. The molecular formula is C22H20N6O. The molecule has 144 valence electrons. The van der Waals surface area contributed by atoms with Crippen LogP contribution in [-0.2, 0) is 7.05 Å². The molecule has 0 atom stereocenters. The molecule has 2 aromatic carbocycles. The molecule has 3 N–H and O–H groups in total. The third-order valence-corrected chi connectivity index (χ3v) is 4.30. The van der Waals surface area contributed by atoms with Crippen LogP contribution in [-0.4, -0.2) is 21.9 Å². The minimum absolute atomic E-state index is 0.338. The first-order valence-corrected chi connectivity index (χ1v) is 8.83. The van der Waals surface area contributed by atoms with Gasteiger partial charge in [-0.15, -0.1) is 0 Å². The number of carbonyl (C=O) groups is 1. The topological polar surface area (TPSA) is 107 Å². The average Bonchev–Trinajstić information content (AvgIpc) is 3.12. The number of hydrogen-bond donors (Lipinski definition) is 3. The van der Waals surface area contributed by atoms with Crippen LogP contribution in [0.5, 0.6) is 0 Å². The first-order chi connectivity index (χ1) is 13.9. The van der Waals surface area contributed by atoms with E-state index in [1.165, 1.54) is 6.21 Å². The lowest BCUT2D eigenvalue weighted by atomic mass is 9.99. The summed E-state index contributed by atoms with van der Waals surface area (Å²) in [5.74, 6) is -0.338. The lowest BCUT2D eigenvalue weighted by Gasteiger charge is -2.13. The van der Waals surface area contributed by atoms with Crippen LogP contribution in [0.2, 0.25) is 0 Å². The van der Waals surface area contributed by atoms with Crippen molar-refractivity contribution in [1.82, 2.24) is 9.78 Å². The van der Waals surface area contributed by atoms with Crippen molar-refractivity contribution < 1.29 is 4.79 Å². The molecule has 0 saturated carbocycles. The molecule has 0 aliphatic carbocycles. The number of hydrogen-bond acceptors (Lipinski definition) is 5. The standard InChI is InChI=1S/C22H20N6O/c1-14(2)19-7-4-15(10-23)8-20(19)22(29)27-17-6-5-16(11-24)21(9-17)26-18-12-25-28(3)13-18/h4-9,11-13,24,26H,1H2,2-3H3,(H,27,29). The number of amides is 1. The molecule has 0 spiro atoms. The van der Waals surface area contributed by atoms with Gasteiger partial charge in [-0.1, -0.05) is 18.2 Å². The van der Waals surface area contributed by atoms with Gasteiger partial charge in [-0.25, -0.2) is 0 Å². The van der Waals surface area contributed by atoms with Crippen LogP contribution in [0, 0.1) is 16.7 Å². The third kappa shape index (κ3) is 4.39. The number of aromatic nitrogens is 2. The van der Waals surface area contributed by atoms with Gasteiger partial charge in [-0.05, 0) is 42.8 Å². The van der Waals surface area contributed by atoms with Crippen LogP contribution < -0.4 is 10.6 Å². The fourth-order valence-corrected chi connectivity index (χ4v) is 2.88. The Hall–Kier alpha value is -4.18. The largest absolute Gasteiger partial charge is 0.352 e. The van der Waals surface area contributed by atoms with Gasteiger partial charge >= 0.3 is 0 Å². The molecule has 0 aliphatic heterocycles. The molecule has 7 nitrogen and oxygen atoms in total. The highest BCUT2D eigenvalue weighted by Gasteiger charge is 2.14. The molecular weight excluding hydrogens is 364 g/mol. The van der Waals surface area contributed by atoms with Crippen molar-refractivity contribution in [2.75, 3.05) is 10.6 Å². The van der Waals surface area contributed by atoms with Crippen LogP contribution in [0.4, 0.5) is 17.1 Å². The lowest BCUT2D eigenvalue weighted by molar-refractivity contribution is 0.102. The van der Waals surface area contributed by atoms with Gasteiger partial charge in [0.25, 0.3) is 5.91 Å². The van der Waals surface area contributed by atoms with Crippen LogP contribution in [0.25, 0.3) is 5.57 Å². The second-order valence-electron chi connectivity index (χ2n) is 6.58. The van der Waals surface area contributed by atoms with Crippen molar-refractivity contribution in [1.29, 1.82) is 10.7 Å². The Labute approximate surface area is 168 Å². The number of rotatable bonds is 6. The maximum atomic E-state index is 12.9. The number of nitriles is 1. The quantitative estimate of drug-likeness (QED) is 0.550. The Bertz CT molecular complexity index is 1150. The summed E-state index contributed by atoms with van der Waals surface area (Å²) in [4.78, 5) is 12.9. The summed E-state index contributed by atoms with van der Waals surface area (Å²) in [7, 11) is 1.81. The summed E-state index contributed by atoms with van der Waals surface area (Å²) in [5, 5.41) is 26.9. The number of nitrogens with one attached hydrogen (secondary N) is 3. The average molecular weight is 384 g/mol. The Balaban J connectivity index is 1.91. The van der Waals surface area contributed by atoms with Crippen molar-refractivity contribution in [3.63, 3.8) is 0 Å². The molecule has 0 saturated heterocycles. The van der Waals surface area contributed by atoms with E-state index < -0.39 is 0 Å². The van der Waals surface area contributed by atoms with E-state index >= 15 is 0 Å². The first-order valence-electron chi connectivity index (χ1n) is 8.83. The van der Waals surface area contributed by atoms with Crippen molar-refractivity contribution >= 4 is 34.8 Å². The molecule has 29 heavy (non-hydrogen) atoms. The third-order valence-electron chi connectivity index (χ3n) is 4.30. The van der Waals surface area contributed by atoms with E-state index in [1.54, 1.807) is 47.3 Å². The summed E-state index contributed by atoms with van der Waals surface area (Å²) in [6.07, 6.45) is 4.72. The number of nitrogens with zero attached hydrogens (tertiary/aromatic N) is 3. The second kappa shape index (κ2) is 8.23. The van der Waals surface area contributed by atoms with E-state index in [2.05, 4.69) is 28.4 Å². The zero-order valence-corrected chi connectivity index (χ0v) is 16.2. The van der Waals surface area contributed by atoms with Gasteiger partial charge in [-0.3, -0.25) is 9.48 Å². The van der Waals surface area contributed by atoms with E-state index in [-0.39, 0.29) is 5.91 Å². The summed E-state index contributed by atoms with van der Waals surface area (Å²) in [6, 6.07) is 12.2. The zero-order valence-electron chi connectivity index (χ0n) is 16.2. The molecule has 1 aromatic heterocycles. The molecule has 0 bridgehead atoms. The zero-order chi connectivity index (χ0) is 21.0. The molecule has 7 heteroatoms. The molecule has 0 unspecified atom stereocenters. The summed E-state index contributed by atoms with van der Waals surface area (Å²) in [5.41, 5.74) is 4.86. The maximum absolute atomic E-state index is 12.9. The SMILES string of the molecule is C=C(C)c1ccc(C#N)cc1C(=O)Nc1ccc(C=N)c(Nc2cnn(C)c2)c1. The van der Waals surface area contributed by atoms with Crippen molar-refractivity contribution in [3.8, 4) is 6.07 Å². The summed E-state index contributed by atoms with van der Waals surface area (Å²) in [6.45, 7) is 5.72. The van der Waals surface area contributed by atoms with E-state index in [9.17, 15) is 4.79 Å². The predicted molar refractivity (Wildman–Crippen MR) is 115 cm³/mol. The van der Waals surface area contributed by atoms with Gasteiger partial charge in [0.05, 0.1) is 23.5 Å². The molecule has 0 fully saturated rings. The van der Waals surface area contributed by atoms with Gasteiger partial charge in [0.2, 0.25) is 0 Å². The molecule has 3 aromatic rings. The Kier molecular flexibility index (Phi) is 5.56. The minimum Gasteiger partial charge on any atom is -0.352 e. The van der Waals surface area contributed by atoms with Gasteiger partial charge < -0.3 is 16.0 Å². The maximum Gasteiger partial charge on any atom is 0.256 e. The van der Waals surface area contributed by atoms with E-state index in [0.717, 1.165) is 11.3 Å². The Morgan fingerprint density at radius 2 is 2.03 bits per heavy atom. The molecule has 0 aliphatic rings. The van der Waals surface area contributed by atoms with Crippen LogP contribution in [0.3, 0.4) is 0 Å². The number of anilines is 3. The highest BCUT2D eigenvalue weighted by atomic mass is 16.1. The first kappa shape index (κ1) is 19.6. The van der Waals surface area contributed by atoms with Crippen molar-refractivity contribution in [3.05, 3.63) is 77.6 Å². The lowest BCUT2D eigenvalue weighted by Crippen LogP contribution is -2.14. The highest BCUT2D eigenvalue weighted by molar-refractivity contribution is 6.08. The van der Waals surface area contributed by atoms with Crippen LogP contribution in [0.1, 0.15) is 34.0 Å². The number of carbonyl (C=O) groups excluding carboxylic acids is 1. The predicted octanol–water partition coefficient (Wildman–Crippen LogP) is 4.32. The summed E-state index contributed by atoms with van der Waals surface area (Å²) < 4.78 is 1.67. The van der Waals surface area contributed by atoms with Gasteiger partial charge in [0.15, 0.2) is 0 Å². The second-order valence-corrected chi connectivity index (χ2v) is 6.58. The normalized spacial score (nSPS) is 10.1. The van der Waals surface area contributed by atoms with Crippen molar-refractivity contribution in [2.45, 2.75) is 6.92 Å². The van der Waals surface area contributed by atoms with Crippen molar-refractivity contribution in [2.24, 2.45) is 7.05 Å². The van der Waals surface area contributed by atoms with E-state index in [0.29, 0.717) is 33.6 Å². The molecule has 0 radical (unpaired) electrons. The minimum atomic E-state index is -0.338. The monoisotopic (exact) mass is 384 g/mol. The molecule has 3 rings (SSSR count). The smallest absolute Gasteiger partial charge is 0.256 e. The molecule has 1 heterocycles.